The molecule has 0 fully saturated rings. The molecule has 2 atom stereocenters. The minimum Gasteiger partial charge on any atom is -0.497 e. The van der Waals surface area contributed by atoms with E-state index in [1.807, 2.05) is 13.0 Å². The lowest BCUT2D eigenvalue weighted by Gasteiger charge is -2.23. The number of hydrogen-bond acceptors (Lipinski definition) is 4. The Balaban J connectivity index is 2.64. The molecule has 0 N–H and O–H groups in total. The molecule has 2 unspecified atom stereocenters. The Morgan fingerprint density at radius 1 is 1.39 bits per heavy atom. The third-order valence-corrected chi connectivity index (χ3v) is 3.32. The summed E-state index contributed by atoms with van der Waals surface area (Å²) in [5.41, 5.74) is 0. The van der Waals surface area contributed by atoms with Crippen LogP contribution in [0.2, 0.25) is 0 Å². The molecule has 0 spiro atoms. The molecule has 0 heterocycles. The maximum atomic E-state index is 11.6. The third-order valence-electron chi connectivity index (χ3n) is 3.32. The first-order valence-electron chi connectivity index (χ1n) is 6.23. The molecule has 0 saturated heterocycles. The quantitative estimate of drug-likeness (QED) is 0.684. The zero-order chi connectivity index (χ0) is 13.5. The fraction of sp³-hybridized carbons (Fsp3) is 0.643. The van der Waals surface area contributed by atoms with Crippen LogP contribution in [-0.2, 0) is 19.0 Å². The molecule has 102 valence electrons. The molecule has 0 radical (unpaired) electrons. The molecule has 0 aliphatic heterocycles. The maximum absolute atomic E-state index is 11.6. The molecule has 1 aliphatic carbocycles. The van der Waals surface area contributed by atoms with Crippen LogP contribution in [0, 0.1) is 11.8 Å². The highest BCUT2D eigenvalue weighted by molar-refractivity contribution is 5.72. The van der Waals surface area contributed by atoms with Crippen LogP contribution in [-0.4, -0.2) is 27.3 Å². The average Bonchev–Trinajstić information content (AvgIpc) is 2.43. The predicted molar refractivity (Wildman–Crippen MR) is 68.7 cm³/mol. The van der Waals surface area contributed by atoms with Crippen LogP contribution in [0.25, 0.3) is 0 Å². The fourth-order valence-electron chi connectivity index (χ4n) is 2.21. The van der Waals surface area contributed by atoms with Gasteiger partial charge in [0.2, 0.25) is 0 Å². The van der Waals surface area contributed by atoms with Crippen molar-refractivity contribution in [3.05, 3.63) is 23.7 Å². The van der Waals surface area contributed by atoms with Crippen molar-refractivity contribution in [2.75, 3.05) is 21.3 Å². The lowest BCUT2D eigenvalue weighted by Crippen LogP contribution is -2.20. The minimum atomic E-state index is -0.133. The van der Waals surface area contributed by atoms with E-state index in [4.69, 9.17) is 14.2 Å². The molecule has 0 aromatic rings. The van der Waals surface area contributed by atoms with Gasteiger partial charge < -0.3 is 14.2 Å². The Labute approximate surface area is 109 Å². The molecular formula is C14H22O4. The van der Waals surface area contributed by atoms with Gasteiger partial charge in [-0.25, -0.2) is 0 Å². The van der Waals surface area contributed by atoms with E-state index >= 15 is 0 Å². The number of carbonyl (C=O) groups excluding carboxylic acids is 1. The largest absolute Gasteiger partial charge is 0.497 e. The number of allylic oxidation sites excluding steroid dienone is 3. The molecule has 0 aromatic carbocycles. The summed E-state index contributed by atoms with van der Waals surface area (Å²) < 4.78 is 15.3. The van der Waals surface area contributed by atoms with Gasteiger partial charge >= 0.3 is 5.97 Å². The summed E-state index contributed by atoms with van der Waals surface area (Å²) >= 11 is 0. The first-order valence-corrected chi connectivity index (χ1v) is 6.23. The van der Waals surface area contributed by atoms with Gasteiger partial charge in [-0.3, -0.25) is 4.79 Å². The van der Waals surface area contributed by atoms with E-state index in [1.54, 1.807) is 14.2 Å². The molecule has 1 aliphatic rings. The molecule has 0 amide bonds. The van der Waals surface area contributed by atoms with Gasteiger partial charge in [0.25, 0.3) is 0 Å². The monoisotopic (exact) mass is 254 g/mol. The number of hydrogen-bond donors (Lipinski definition) is 0. The van der Waals surface area contributed by atoms with Crippen LogP contribution in [0.3, 0.4) is 0 Å². The lowest BCUT2D eigenvalue weighted by molar-refractivity contribution is -0.146. The summed E-state index contributed by atoms with van der Waals surface area (Å²) in [4.78, 5) is 11.6. The molecule has 18 heavy (non-hydrogen) atoms. The average molecular weight is 254 g/mol. The zero-order valence-electron chi connectivity index (χ0n) is 11.6. The summed E-state index contributed by atoms with van der Waals surface area (Å²) in [6.07, 6.45) is 6.33. The smallest absolute Gasteiger partial charge is 0.308 e. The molecule has 0 saturated carbocycles. The normalized spacial score (nSPS) is 20.6. The molecule has 0 aromatic heterocycles. The van der Waals surface area contributed by atoms with Crippen molar-refractivity contribution in [2.24, 2.45) is 11.8 Å². The van der Waals surface area contributed by atoms with E-state index in [1.165, 1.54) is 7.11 Å². The summed E-state index contributed by atoms with van der Waals surface area (Å²) in [6.45, 7) is 2.00. The van der Waals surface area contributed by atoms with Crippen molar-refractivity contribution in [2.45, 2.75) is 26.2 Å². The second kappa shape index (κ2) is 7.09. The van der Waals surface area contributed by atoms with E-state index in [0.29, 0.717) is 5.92 Å². The second-order valence-corrected chi connectivity index (χ2v) is 4.38. The van der Waals surface area contributed by atoms with Crippen molar-refractivity contribution in [1.82, 2.24) is 0 Å². The van der Waals surface area contributed by atoms with E-state index in [9.17, 15) is 4.79 Å². The Morgan fingerprint density at radius 2 is 2.11 bits per heavy atom. The molecule has 0 bridgehead atoms. The van der Waals surface area contributed by atoms with Crippen LogP contribution in [0.1, 0.15) is 26.2 Å². The maximum Gasteiger partial charge on any atom is 0.308 e. The topological polar surface area (TPSA) is 44.8 Å². The van der Waals surface area contributed by atoms with Crippen molar-refractivity contribution >= 4 is 5.97 Å². The van der Waals surface area contributed by atoms with Crippen LogP contribution in [0.15, 0.2) is 23.7 Å². The van der Waals surface area contributed by atoms with Gasteiger partial charge in [0.1, 0.15) is 5.76 Å². The van der Waals surface area contributed by atoms with Gasteiger partial charge in [-0.05, 0) is 24.8 Å². The van der Waals surface area contributed by atoms with Gasteiger partial charge in [0.05, 0.1) is 27.2 Å². The van der Waals surface area contributed by atoms with Crippen molar-refractivity contribution in [3.8, 4) is 0 Å². The van der Waals surface area contributed by atoms with Gasteiger partial charge in [-0.1, -0.05) is 13.0 Å². The highest BCUT2D eigenvalue weighted by Crippen LogP contribution is 2.30. The Kier molecular flexibility index (Phi) is 5.75. The molecule has 1 rings (SSSR count). The van der Waals surface area contributed by atoms with Gasteiger partial charge in [-0.15, -0.1) is 0 Å². The molecule has 4 nitrogen and oxygen atoms in total. The minimum absolute atomic E-state index is 0.0492. The lowest BCUT2D eigenvalue weighted by atomic mass is 9.87. The highest BCUT2D eigenvalue weighted by Gasteiger charge is 2.24. The van der Waals surface area contributed by atoms with Crippen LogP contribution in [0.4, 0.5) is 0 Å². The Morgan fingerprint density at radius 3 is 2.61 bits per heavy atom. The summed E-state index contributed by atoms with van der Waals surface area (Å²) in [5, 5.41) is 0. The van der Waals surface area contributed by atoms with Crippen LogP contribution in [0.5, 0.6) is 0 Å². The molecular weight excluding hydrogens is 232 g/mol. The van der Waals surface area contributed by atoms with Crippen molar-refractivity contribution in [1.29, 1.82) is 0 Å². The summed E-state index contributed by atoms with van der Waals surface area (Å²) in [7, 11) is 4.70. The van der Waals surface area contributed by atoms with E-state index in [-0.39, 0.29) is 11.9 Å². The van der Waals surface area contributed by atoms with E-state index in [0.717, 1.165) is 30.8 Å². The summed E-state index contributed by atoms with van der Waals surface area (Å²) in [5.74, 6) is 1.71. The van der Waals surface area contributed by atoms with E-state index in [2.05, 4.69) is 6.08 Å². The highest BCUT2D eigenvalue weighted by atomic mass is 16.5. The SMILES string of the molecule is CCC(CC1C=CC(OC)=C(OC)C1)C(=O)OC. The second-order valence-electron chi connectivity index (χ2n) is 4.38. The predicted octanol–water partition coefficient (Wildman–Crippen LogP) is 2.66. The molecule has 4 heteroatoms. The summed E-state index contributed by atoms with van der Waals surface area (Å²) in [6, 6.07) is 0. The zero-order valence-corrected chi connectivity index (χ0v) is 11.6. The first kappa shape index (κ1) is 14.6. The van der Waals surface area contributed by atoms with Gasteiger partial charge in [-0.2, -0.15) is 0 Å². The third kappa shape index (κ3) is 3.52. The van der Waals surface area contributed by atoms with Crippen molar-refractivity contribution in [3.63, 3.8) is 0 Å². The van der Waals surface area contributed by atoms with Gasteiger partial charge in [0, 0.05) is 6.42 Å². The van der Waals surface area contributed by atoms with Crippen LogP contribution >= 0.6 is 0 Å². The van der Waals surface area contributed by atoms with Crippen LogP contribution < -0.4 is 0 Å². The Bertz CT molecular complexity index is 344. The van der Waals surface area contributed by atoms with Gasteiger partial charge in [0.15, 0.2) is 5.76 Å². The van der Waals surface area contributed by atoms with Crippen molar-refractivity contribution < 1.29 is 19.0 Å². The Hall–Kier alpha value is -1.45. The number of esters is 1. The number of ether oxygens (including phenoxy) is 3. The first-order chi connectivity index (χ1) is 8.65. The number of rotatable bonds is 6. The number of carbonyl (C=O) groups is 1. The van der Waals surface area contributed by atoms with E-state index < -0.39 is 0 Å². The standard InChI is InChI=1S/C14H22O4/c1-5-11(14(15)18-4)8-10-6-7-12(16-2)13(9-10)17-3/h6-7,10-11H,5,8-9H2,1-4H3. The number of methoxy groups -OCH3 is 3. The fourth-order valence-corrected chi connectivity index (χ4v) is 2.21.